The van der Waals surface area contributed by atoms with Crippen LogP contribution in [-0.2, 0) is 5.60 Å². The Morgan fingerprint density at radius 2 is 1.38 bits per heavy atom. The average molecular weight is 180 g/mol. The lowest BCUT2D eigenvalue weighted by Gasteiger charge is -2.35. The van der Waals surface area contributed by atoms with E-state index in [1.54, 1.807) is 32.9 Å². The molecule has 0 aliphatic heterocycles. The summed E-state index contributed by atoms with van der Waals surface area (Å²) in [5.74, 6) is 0. The van der Waals surface area contributed by atoms with E-state index in [1.807, 2.05) is 18.2 Å². The third-order valence-corrected chi connectivity index (χ3v) is 2.53. The molecule has 0 aliphatic rings. The minimum atomic E-state index is -1.21. The highest BCUT2D eigenvalue weighted by molar-refractivity contribution is 5.24. The Bertz CT molecular complexity index is 270. The molecule has 1 rings (SSSR count). The van der Waals surface area contributed by atoms with E-state index in [2.05, 4.69) is 0 Å². The molecule has 72 valence electrons. The predicted octanol–water partition coefficient (Wildman–Crippen LogP) is 1.66. The van der Waals surface area contributed by atoms with Crippen molar-refractivity contribution in [1.82, 2.24) is 0 Å². The first-order valence-corrected chi connectivity index (χ1v) is 4.36. The van der Waals surface area contributed by atoms with Crippen molar-refractivity contribution in [1.29, 1.82) is 0 Å². The van der Waals surface area contributed by atoms with Gasteiger partial charge >= 0.3 is 0 Å². The maximum Gasteiger partial charge on any atom is 0.115 e. The fourth-order valence-corrected chi connectivity index (χ4v) is 1.12. The van der Waals surface area contributed by atoms with Gasteiger partial charge in [0.15, 0.2) is 0 Å². The Kier molecular flexibility index (Phi) is 2.46. The number of benzene rings is 1. The van der Waals surface area contributed by atoms with Crippen molar-refractivity contribution >= 4 is 0 Å². The summed E-state index contributed by atoms with van der Waals surface area (Å²) in [5.41, 5.74) is -1.63. The quantitative estimate of drug-likeness (QED) is 0.726. The Balaban J connectivity index is 3.08. The first-order valence-electron chi connectivity index (χ1n) is 4.36. The molecule has 1 atom stereocenters. The largest absolute Gasteiger partial charge is 0.387 e. The van der Waals surface area contributed by atoms with Crippen LogP contribution in [0.3, 0.4) is 0 Å². The van der Waals surface area contributed by atoms with E-state index in [9.17, 15) is 10.2 Å². The molecule has 0 saturated carbocycles. The molecule has 0 spiro atoms. The van der Waals surface area contributed by atoms with Crippen LogP contribution >= 0.6 is 0 Å². The summed E-state index contributed by atoms with van der Waals surface area (Å²) in [6.45, 7) is 4.81. The molecule has 0 fully saturated rings. The minimum Gasteiger partial charge on any atom is -0.387 e. The third-order valence-electron chi connectivity index (χ3n) is 2.53. The Morgan fingerprint density at radius 1 is 0.923 bits per heavy atom. The van der Waals surface area contributed by atoms with Gasteiger partial charge in [-0.2, -0.15) is 0 Å². The van der Waals surface area contributed by atoms with Gasteiger partial charge in [0.2, 0.25) is 0 Å². The van der Waals surface area contributed by atoms with Gasteiger partial charge in [-0.25, -0.2) is 0 Å². The van der Waals surface area contributed by atoms with Gasteiger partial charge in [0.05, 0.1) is 5.60 Å². The van der Waals surface area contributed by atoms with Crippen molar-refractivity contribution in [2.75, 3.05) is 0 Å². The zero-order valence-electron chi connectivity index (χ0n) is 8.28. The highest BCUT2D eigenvalue weighted by atomic mass is 16.4. The molecule has 2 heteroatoms. The monoisotopic (exact) mass is 180 g/mol. The van der Waals surface area contributed by atoms with Crippen LogP contribution in [0, 0.1) is 0 Å². The summed E-state index contributed by atoms with van der Waals surface area (Å²) >= 11 is 0. The fraction of sp³-hybridized carbons (Fsp3) is 0.455. The molecule has 0 heterocycles. The summed E-state index contributed by atoms with van der Waals surface area (Å²) in [7, 11) is 0. The molecule has 1 unspecified atom stereocenters. The number of hydrogen-bond donors (Lipinski definition) is 2. The van der Waals surface area contributed by atoms with E-state index in [0.29, 0.717) is 0 Å². The van der Waals surface area contributed by atoms with Gasteiger partial charge in [-0.3, -0.25) is 0 Å². The molecule has 0 aliphatic carbocycles. The zero-order valence-corrected chi connectivity index (χ0v) is 8.28. The van der Waals surface area contributed by atoms with Crippen LogP contribution in [0.4, 0.5) is 0 Å². The number of hydrogen-bond acceptors (Lipinski definition) is 2. The summed E-state index contributed by atoms with van der Waals surface area (Å²) in [6, 6.07) is 9.17. The minimum absolute atomic E-state index is 0.725. The molecule has 0 saturated heterocycles. The molecular weight excluding hydrogens is 164 g/mol. The van der Waals surface area contributed by atoms with Crippen LogP contribution < -0.4 is 0 Å². The highest BCUT2D eigenvalue weighted by Gasteiger charge is 2.38. The Hall–Kier alpha value is -0.860. The smallest absolute Gasteiger partial charge is 0.115 e. The Labute approximate surface area is 78.8 Å². The lowest BCUT2D eigenvalue weighted by atomic mass is 9.82. The van der Waals surface area contributed by atoms with Crippen LogP contribution in [0.25, 0.3) is 0 Å². The van der Waals surface area contributed by atoms with Gasteiger partial charge in [0.1, 0.15) is 5.60 Å². The Morgan fingerprint density at radius 3 is 1.77 bits per heavy atom. The van der Waals surface area contributed by atoms with Gasteiger partial charge in [0, 0.05) is 0 Å². The first-order chi connectivity index (χ1) is 5.86. The van der Waals surface area contributed by atoms with E-state index >= 15 is 0 Å². The summed E-state index contributed by atoms with van der Waals surface area (Å²) in [5, 5.41) is 19.8. The number of rotatable bonds is 2. The SMILES string of the molecule is CC(C)(O)C(C)(O)c1ccccc1. The summed E-state index contributed by atoms with van der Waals surface area (Å²) in [4.78, 5) is 0. The van der Waals surface area contributed by atoms with E-state index in [-0.39, 0.29) is 0 Å². The molecular formula is C11H16O2. The highest BCUT2D eigenvalue weighted by Crippen LogP contribution is 2.31. The summed E-state index contributed by atoms with van der Waals surface area (Å²) < 4.78 is 0. The van der Waals surface area contributed by atoms with Gasteiger partial charge in [-0.05, 0) is 26.3 Å². The maximum atomic E-state index is 10.1. The van der Waals surface area contributed by atoms with Gasteiger partial charge < -0.3 is 10.2 Å². The van der Waals surface area contributed by atoms with E-state index in [0.717, 1.165) is 5.56 Å². The van der Waals surface area contributed by atoms with Crippen LogP contribution in [0.1, 0.15) is 26.3 Å². The molecule has 2 N–H and O–H groups in total. The molecule has 0 radical (unpaired) electrons. The standard InChI is InChI=1S/C11H16O2/c1-10(2,12)11(3,13)9-7-5-4-6-8-9/h4-8,12-13H,1-3H3. The molecule has 1 aromatic carbocycles. The van der Waals surface area contributed by atoms with E-state index < -0.39 is 11.2 Å². The molecule has 0 amide bonds. The second-order valence-electron chi connectivity index (χ2n) is 4.00. The van der Waals surface area contributed by atoms with E-state index in [1.165, 1.54) is 0 Å². The van der Waals surface area contributed by atoms with Crippen molar-refractivity contribution in [3.63, 3.8) is 0 Å². The average Bonchev–Trinajstić information content (AvgIpc) is 2.04. The topological polar surface area (TPSA) is 40.5 Å². The van der Waals surface area contributed by atoms with Crippen molar-refractivity contribution in [2.24, 2.45) is 0 Å². The van der Waals surface area contributed by atoms with Crippen LogP contribution in [0.5, 0.6) is 0 Å². The van der Waals surface area contributed by atoms with Crippen LogP contribution in [0.15, 0.2) is 30.3 Å². The lowest BCUT2D eigenvalue weighted by Crippen LogP contribution is -2.44. The predicted molar refractivity (Wildman–Crippen MR) is 52.3 cm³/mol. The molecule has 2 nitrogen and oxygen atoms in total. The first kappa shape index (κ1) is 10.2. The number of aliphatic hydroxyl groups is 2. The van der Waals surface area contributed by atoms with Gasteiger partial charge in [-0.1, -0.05) is 30.3 Å². The van der Waals surface area contributed by atoms with E-state index in [4.69, 9.17) is 0 Å². The molecule has 1 aromatic rings. The normalized spacial score (nSPS) is 16.7. The molecule has 13 heavy (non-hydrogen) atoms. The fourth-order valence-electron chi connectivity index (χ4n) is 1.12. The third kappa shape index (κ3) is 1.90. The summed E-state index contributed by atoms with van der Waals surface area (Å²) in [6.07, 6.45) is 0. The van der Waals surface area contributed by atoms with Crippen molar-refractivity contribution in [2.45, 2.75) is 32.0 Å². The van der Waals surface area contributed by atoms with Crippen molar-refractivity contribution < 1.29 is 10.2 Å². The van der Waals surface area contributed by atoms with Crippen LogP contribution in [0.2, 0.25) is 0 Å². The second-order valence-corrected chi connectivity index (χ2v) is 4.00. The lowest BCUT2D eigenvalue weighted by molar-refractivity contribution is -0.125. The van der Waals surface area contributed by atoms with Gasteiger partial charge in [0.25, 0.3) is 0 Å². The second kappa shape index (κ2) is 3.13. The zero-order chi connectivity index (χ0) is 10.1. The van der Waals surface area contributed by atoms with Crippen molar-refractivity contribution in [3.8, 4) is 0 Å². The molecule has 0 bridgehead atoms. The van der Waals surface area contributed by atoms with Gasteiger partial charge in [-0.15, -0.1) is 0 Å². The van der Waals surface area contributed by atoms with Crippen molar-refractivity contribution in [3.05, 3.63) is 35.9 Å². The van der Waals surface area contributed by atoms with Crippen LogP contribution in [-0.4, -0.2) is 15.8 Å². The molecule has 0 aromatic heterocycles. The maximum absolute atomic E-state index is 10.1.